The van der Waals surface area contributed by atoms with Gasteiger partial charge in [-0.05, 0) is 31.6 Å². The van der Waals surface area contributed by atoms with E-state index in [0.29, 0.717) is 23.8 Å². The molecular formula is C12H20FN5. The Morgan fingerprint density at radius 1 is 1.22 bits per heavy atom. The van der Waals surface area contributed by atoms with Gasteiger partial charge in [-0.15, -0.1) is 0 Å². The van der Waals surface area contributed by atoms with Gasteiger partial charge in [0.05, 0.1) is 0 Å². The van der Waals surface area contributed by atoms with E-state index in [0.717, 1.165) is 0 Å². The molecule has 0 aromatic carbocycles. The summed E-state index contributed by atoms with van der Waals surface area (Å²) in [6.07, 6.45) is 1.21. The number of hydrogen-bond acceptors (Lipinski definition) is 5. The number of rotatable bonds is 5. The van der Waals surface area contributed by atoms with E-state index >= 15 is 0 Å². The highest BCUT2D eigenvalue weighted by Crippen LogP contribution is 2.37. The van der Waals surface area contributed by atoms with Crippen LogP contribution in [-0.2, 0) is 0 Å². The van der Waals surface area contributed by atoms with E-state index in [-0.39, 0.29) is 11.8 Å². The summed E-state index contributed by atoms with van der Waals surface area (Å²) < 4.78 is 13.2. The highest BCUT2D eigenvalue weighted by molar-refractivity contribution is 5.33. The molecule has 1 aliphatic carbocycles. The largest absolute Gasteiger partial charge is 0.368 e. The van der Waals surface area contributed by atoms with Crippen molar-refractivity contribution in [1.82, 2.24) is 15.0 Å². The minimum absolute atomic E-state index is 0.0605. The second-order valence-electron chi connectivity index (χ2n) is 5.24. The molecule has 1 heterocycles. The van der Waals surface area contributed by atoms with Crippen LogP contribution in [0, 0.1) is 11.8 Å². The van der Waals surface area contributed by atoms with Crippen molar-refractivity contribution >= 4 is 11.9 Å². The third-order valence-corrected chi connectivity index (χ3v) is 3.17. The predicted octanol–water partition coefficient (Wildman–Crippen LogP) is 2.33. The van der Waals surface area contributed by atoms with Crippen molar-refractivity contribution in [2.45, 2.75) is 45.8 Å². The summed E-state index contributed by atoms with van der Waals surface area (Å²) in [4.78, 5) is 11.9. The molecule has 18 heavy (non-hydrogen) atoms. The number of alkyl halides is 1. The number of nitrogens with zero attached hydrogens (tertiary/aromatic N) is 3. The van der Waals surface area contributed by atoms with E-state index in [9.17, 15) is 4.39 Å². The molecule has 6 heteroatoms. The van der Waals surface area contributed by atoms with Gasteiger partial charge in [-0.2, -0.15) is 15.0 Å². The molecule has 1 aliphatic rings. The van der Waals surface area contributed by atoms with Gasteiger partial charge in [-0.1, -0.05) is 13.8 Å². The third kappa shape index (κ3) is 3.05. The quantitative estimate of drug-likeness (QED) is 0.842. The smallest absolute Gasteiger partial charge is 0.228 e. The van der Waals surface area contributed by atoms with Crippen LogP contribution in [0.3, 0.4) is 0 Å². The zero-order valence-electron chi connectivity index (χ0n) is 11.0. The molecule has 100 valence electrons. The maximum atomic E-state index is 13.2. The van der Waals surface area contributed by atoms with E-state index in [1.807, 2.05) is 0 Å². The molecule has 0 bridgehead atoms. The summed E-state index contributed by atoms with van der Waals surface area (Å²) >= 11 is 0. The van der Waals surface area contributed by atoms with Crippen molar-refractivity contribution in [3.8, 4) is 0 Å². The highest BCUT2D eigenvalue weighted by atomic mass is 19.1. The standard InChI is InChI=1S/C12H20FN5/c1-6(2)9(8-4-5-8)15-12-17-10(7(3)13)16-11(14)18-12/h6-9H,4-5H2,1-3H3,(H3,14,15,16,17,18). The van der Waals surface area contributed by atoms with E-state index in [1.165, 1.54) is 19.8 Å². The lowest BCUT2D eigenvalue weighted by Crippen LogP contribution is -2.29. The van der Waals surface area contributed by atoms with Crippen molar-refractivity contribution in [3.63, 3.8) is 0 Å². The Balaban J connectivity index is 2.16. The Morgan fingerprint density at radius 2 is 1.89 bits per heavy atom. The Labute approximate surface area is 106 Å². The fraction of sp³-hybridized carbons (Fsp3) is 0.750. The van der Waals surface area contributed by atoms with E-state index in [4.69, 9.17) is 5.73 Å². The van der Waals surface area contributed by atoms with Crippen molar-refractivity contribution in [1.29, 1.82) is 0 Å². The lowest BCUT2D eigenvalue weighted by molar-refractivity contribution is 0.356. The topological polar surface area (TPSA) is 76.7 Å². The second kappa shape index (κ2) is 5.04. The summed E-state index contributed by atoms with van der Waals surface area (Å²) in [5.41, 5.74) is 5.57. The van der Waals surface area contributed by atoms with Crippen molar-refractivity contribution in [2.75, 3.05) is 11.1 Å². The Bertz CT molecular complexity index is 415. The molecule has 1 aromatic rings. The van der Waals surface area contributed by atoms with Crippen LogP contribution >= 0.6 is 0 Å². The monoisotopic (exact) mass is 253 g/mol. The Hall–Kier alpha value is -1.46. The van der Waals surface area contributed by atoms with Crippen LogP contribution < -0.4 is 11.1 Å². The van der Waals surface area contributed by atoms with Crippen molar-refractivity contribution in [2.24, 2.45) is 11.8 Å². The summed E-state index contributed by atoms with van der Waals surface area (Å²) in [5, 5.41) is 3.27. The van der Waals surface area contributed by atoms with E-state index in [1.54, 1.807) is 0 Å². The van der Waals surface area contributed by atoms with E-state index in [2.05, 4.69) is 34.1 Å². The van der Waals surface area contributed by atoms with Crippen LogP contribution in [0.15, 0.2) is 0 Å². The fourth-order valence-corrected chi connectivity index (χ4v) is 2.09. The maximum Gasteiger partial charge on any atom is 0.228 e. The molecule has 0 amide bonds. The van der Waals surface area contributed by atoms with Gasteiger partial charge in [0.1, 0.15) is 0 Å². The molecule has 2 unspecified atom stereocenters. The molecule has 3 N–H and O–H groups in total. The van der Waals surface area contributed by atoms with Gasteiger partial charge in [0, 0.05) is 6.04 Å². The zero-order chi connectivity index (χ0) is 13.3. The molecule has 0 spiro atoms. The van der Waals surface area contributed by atoms with Crippen LogP contribution in [0.25, 0.3) is 0 Å². The van der Waals surface area contributed by atoms with Crippen LogP contribution in [0.2, 0.25) is 0 Å². The van der Waals surface area contributed by atoms with Crippen LogP contribution in [0.5, 0.6) is 0 Å². The molecule has 1 saturated carbocycles. The molecule has 0 radical (unpaired) electrons. The number of nitrogen functional groups attached to an aromatic ring is 1. The predicted molar refractivity (Wildman–Crippen MR) is 68.7 cm³/mol. The van der Waals surface area contributed by atoms with Gasteiger partial charge < -0.3 is 11.1 Å². The third-order valence-electron chi connectivity index (χ3n) is 3.17. The minimum atomic E-state index is -1.24. The SMILES string of the molecule is CC(F)c1nc(N)nc(NC(C(C)C)C2CC2)n1. The number of anilines is 2. The number of nitrogens with two attached hydrogens (primary N) is 1. The molecule has 1 fully saturated rings. The number of hydrogen-bond donors (Lipinski definition) is 2. The van der Waals surface area contributed by atoms with Gasteiger partial charge in [0.15, 0.2) is 12.0 Å². The second-order valence-corrected chi connectivity index (χ2v) is 5.24. The molecule has 2 rings (SSSR count). The van der Waals surface area contributed by atoms with Crippen LogP contribution in [-0.4, -0.2) is 21.0 Å². The first-order valence-corrected chi connectivity index (χ1v) is 6.39. The first-order chi connectivity index (χ1) is 8.47. The Kier molecular flexibility index (Phi) is 3.63. The summed E-state index contributed by atoms with van der Waals surface area (Å²) in [6.45, 7) is 5.69. The molecule has 0 aliphatic heterocycles. The highest BCUT2D eigenvalue weighted by Gasteiger charge is 2.33. The summed E-state index contributed by atoms with van der Waals surface area (Å²) in [7, 11) is 0. The van der Waals surface area contributed by atoms with Crippen LogP contribution in [0.1, 0.15) is 45.6 Å². The first kappa shape index (κ1) is 13.0. The number of halogens is 1. The van der Waals surface area contributed by atoms with Gasteiger partial charge in [0.2, 0.25) is 11.9 Å². The number of aromatic nitrogens is 3. The van der Waals surface area contributed by atoms with Gasteiger partial charge >= 0.3 is 0 Å². The van der Waals surface area contributed by atoms with Crippen molar-refractivity contribution in [3.05, 3.63) is 5.82 Å². The summed E-state index contributed by atoms with van der Waals surface area (Å²) in [6, 6.07) is 0.314. The average molecular weight is 253 g/mol. The average Bonchev–Trinajstić information content (AvgIpc) is 3.08. The van der Waals surface area contributed by atoms with Gasteiger partial charge in [-0.3, -0.25) is 0 Å². The molecule has 5 nitrogen and oxygen atoms in total. The molecule has 0 saturated heterocycles. The normalized spacial score (nSPS) is 18.7. The fourth-order valence-electron chi connectivity index (χ4n) is 2.09. The first-order valence-electron chi connectivity index (χ1n) is 6.39. The lowest BCUT2D eigenvalue weighted by Gasteiger charge is -2.22. The molecule has 2 atom stereocenters. The lowest BCUT2D eigenvalue weighted by atomic mass is 10.00. The van der Waals surface area contributed by atoms with E-state index < -0.39 is 6.17 Å². The van der Waals surface area contributed by atoms with Crippen LogP contribution in [0.4, 0.5) is 16.3 Å². The zero-order valence-corrected chi connectivity index (χ0v) is 11.0. The number of nitrogens with one attached hydrogen (secondary N) is 1. The minimum Gasteiger partial charge on any atom is -0.368 e. The van der Waals surface area contributed by atoms with Crippen molar-refractivity contribution < 1.29 is 4.39 Å². The molecule has 1 aromatic heterocycles. The van der Waals surface area contributed by atoms with Gasteiger partial charge in [0.25, 0.3) is 0 Å². The van der Waals surface area contributed by atoms with Gasteiger partial charge in [-0.25, -0.2) is 4.39 Å². The Morgan fingerprint density at radius 3 is 2.39 bits per heavy atom. The maximum absolute atomic E-state index is 13.2. The summed E-state index contributed by atoms with van der Waals surface area (Å²) in [5.74, 6) is 1.66. The molecular weight excluding hydrogens is 233 g/mol.